The van der Waals surface area contributed by atoms with E-state index in [9.17, 15) is 19.2 Å². The summed E-state index contributed by atoms with van der Waals surface area (Å²) in [5.74, 6) is -1.04. The largest absolute Gasteiger partial charge is 0.426 e. The minimum atomic E-state index is -0.507. The van der Waals surface area contributed by atoms with E-state index >= 15 is 0 Å². The molecule has 1 aliphatic heterocycles. The molecule has 1 N–H and O–H groups in total. The summed E-state index contributed by atoms with van der Waals surface area (Å²) in [6, 6.07) is 6.40. The Hall–Kier alpha value is -2.70. The lowest BCUT2D eigenvalue weighted by Crippen LogP contribution is -2.33. The molecule has 1 saturated carbocycles. The normalized spacial score (nSPS) is 22.1. The van der Waals surface area contributed by atoms with Crippen molar-refractivity contribution in [1.82, 2.24) is 4.90 Å². The lowest BCUT2D eigenvalue weighted by molar-refractivity contribution is -0.141. The van der Waals surface area contributed by atoms with Gasteiger partial charge >= 0.3 is 5.97 Å². The number of amides is 3. The quantitative estimate of drug-likeness (QED) is 0.494. The number of benzene rings is 1. The van der Waals surface area contributed by atoms with Gasteiger partial charge in [-0.15, -0.1) is 0 Å². The van der Waals surface area contributed by atoms with E-state index in [0.717, 1.165) is 25.7 Å². The molecule has 2 fully saturated rings. The van der Waals surface area contributed by atoms with Gasteiger partial charge in [-0.05, 0) is 37.1 Å². The van der Waals surface area contributed by atoms with Crippen molar-refractivity contribution in [3.8, 4) is 5.75 Å². The van der Waals surface area contributed by atoms with Crippen molar-refractivity contribution in [2.24, 2.45) is 11.8 Å². The molecule has 0 unspecified atom stereocenters. The molecular weight excluding hydrogens is 336 g/mol. The molecule has 1 heterocycles. The Bertz CT molecular complexity index is 704. The van der Waals surface area contributed by atoms with Crippen molar-refractivity contribution in [2.75, 3.05) is 11.9 Å². The first-order chi connectivity index (χ1) is 12.5. The van der Waals surface area contributed by atoms with E-state index in [1.165, 1.54) is 11.8 Å². The number of nitrogens with one attached hydrogen (secondary N) is 1. The number of hydrogen-bond donors (Lipinski definition) is 1. The van der Waals surface area contributed by atoms with Crippen LogP contribution in [0.1, 0.15) is 39.0 Å². The number of carbonyl (C=O) groups excluding carboxylic acids is 4. The minimum absolute atomic E-state index is 0.0373. The summed E-state index contributed by atoms with van der Waals surface area (Å²) in [5, 5.41) is 2.62. The van der Waals surface area contributed by atoms with Crippen LogP contribution in [0.3, 0.4) is 0 Å². The number of nitrogens with zero attached hydrogens (tertiary/aromatic N) is 1. The van der Waals surface area contributed by atoms with Gasteiger partial charge in [0.25, 0.3) is 0 Å². The van der Waals surface area contributed by atoms with Gasteiger partial charge in [0.05, 0.1) is 18.3 Å². The molecule has 138 valence electrons. The number of rotatable bonds is 5. The maximum atomic E-state index is 12.4. The first-order valence-corrected chi connectivity index (χ1v) is 8.89. The summed E-state index contributed by atoms with van der Waals surface area (Å²) in [4.78, 5) is 48.9. The molecule has 7 nitrogen and oxygen atoms in total. The van der Waals surface area contributed by atoms with Crippen molar-refractivity contribution < 1.29 is 23.9 Å². The summed E-state index contributed by atoms with van der Waals surface area (Å²) in [6.45, 7) is 1.47. The second kappa shape index (κ2) is 7.68. The second-order valence-electron chi connectivity index (χ2n) is 6.76. The number of likely N-dealkylation sites (tertiary alicyclic amines) is 1. The Labute approximate surface area is 151 Å². The molecule has 26 heavy (non-hydrogen) atoms. The molecule has 1 aromatic carbocycles. The average molecular weight is 358 g/mol. The number of imide groups is 1. The molecule has 7 heteroatoms. The van der Waals surface area contributed by atoms with E-state index in [1.807, 2.05) is 0 Å². The number of carbonyl (C=O) groups is 4. The van der Waals surface area contributed by atoms with Crippen LogP contribution in [0.2, 0.25) is 0 Å². The molecule has 0 bridgehead atoms. The zero-order valence-electron chi connectivity index (χ0n) is 14.7. The van der Waals surface area contributed by atoms with E-state index < -0.39 is 5.97 Å². The number of fused-ring (bicyclic) bond motifs is 1. The molecule has 3 rings (SSSR count). The first kappa shape index (κ1) is 18.1. The topological polar surface area (TPSA) is 92.8 Å². The number of anilines is 1. The van der Waals surface area contributed by atoms with Crippen LogP contribution in [-0.2, 0) is 19.2 Å². The van der Waals surface area contributed by atoms with Gasteiger partial charge in [0.2, 0.25) is 17.7 Å². The van der Waals surface area contributed by atoms with Crippen LogP contribution in [0.5, 0.6) is 5.75 Å². The highest BCUT2D eigenvalue weighted by molar-refractivity contribution is 6.05. The molecule has 1 aliphatic carbocycles. The van der Waals surface area contributed by atoms with Gasteiger partial charge in [-0.2, -0.15) is 0 Å². The molecular formula is C19H22N2O5. The van der Waals surface area contributed by atoms with Crippen molar-refractivity contribution in [3.63, 3.8) is 0 Å². The Balaban J connectivity index is 1.52. The molecule has 0 aromatic heterocycles. The highest BCUT2D eigenvalue weighted by Crippen LogP contribution is 2.37. The van der Waals surface area contributed by atoms with E-state index in [-0.39, 0.29) is 42.5 Å². The second-order valence-corrected chi connectivity index (χ2v) is 6.76. The highest BCUT2D eigenvalue weighted by atomic mass is 16.5. The zero-order chi connectivity index (χ0) is 18.7. The van der Waals surface area contributed by atoms with Crippen LogP contribution < -0.4 is 10.1 Å². The standard InChI is InChI=1S/C19H22N2O5/c1-12(22)20-13-6-8-14(9-7-13)26-17(23)10-11-21-18(24)15-4-2-3-5-16(15)19(21)25/h6-9,15-16H,2-5,10-11H2,1H3,(H,20,22)/t15-,16+. The minimum Gasteiger partial charge on any atom is -0.426 e. The van der Waals surface area contributed by atoms with Crippen LogP contribution in [0.4, 0.5) is 5.69 Å². The van der Waals surface area contributed by atoms with Gasteiger partial charge in [-0.3, -0.25) is 24.1 Å². The Kier molecular flexibility index (Phi) is 5.35. The lowest BCUT2D eigenvalue weighted by Gasteiger charge is -2.19. The smallest absolute Gasteiger partial charge is 0.312 e. The van der Waals surface area contributed by atoms with E-state index in [2.05, 4.69) is 5.32 Å². The third-order valence-electron chi connectivity index (χ3n) is 4.88. The highest BCUT2D eigenvalue weighted by Gasteiger charge is 2.47. The Morgan fingerprint density at radius 2 is 1.65 bits per heavy atom. The van der Waals surface area contributed by atoms with Gasteiger partial charge in [0.15, 0.2) is 0 Å². The molecule has 0 spiro atoms. The van der Waals surface area contributed by atoms with Gasteiger partial charge in [-0.1, -0.05) is 12.8 Å². The molecule has 2 atom stereocenters. The monoisotopic (exact) mass is 358 g/mol. The van der Waals surface area contributed by atoms with Crippen LogP contribution in [0.25, 0.3) is 0 Å². The fraction of sp³-hybridized carbons (Fsp3) is 0.474. The Morgan fingerprint density at radius 3 is 2.19 bits per heavy atom. The molecule has 2 aliphatic rings. The van der Waals surface area contributed by atoms with E-state index in [1.54, 1.807) is 24.3 Å². The van der Waals surface area contributed by atoms with Crippen molar-refractivity contribution >= 4 is 29.4 Å². The van der Waals surface area contributed by atoms with Crippen molar-refractivity contribution in [2.45, 2.75) is 39.0 Å². The predicted molar refractivity (Wildman–Crippen MR) is 93.2 cm³/mol. The van der Waals surface area contributed by atoms with Crippen LogP contribution in [-0.4, -0.2) is 35.1 Å². The van der Waals surface area contributed by atoms with Crippen molar-refractivity contribution in [1.29, 1.82) is 0 Å². The molecule has 0 radical (unpaired) electrons. The third-order valence-corrected chi connectivity index (χ3v) is 4.88. The summed E-state index contributed by atoms with van der Waals surface area (Å²) >= 11 is 0. The lowest BCUT2D eigenvalue weighted by atomic mass is 9.81. The SMILES string of the molecule is CC(=O)Nc1ccc(OC(=O)CCN2C(=O)[C@H]3CCCC[C@H]3C2=O)cc1. The maximum Gasteiger partial charge on any atom is 0.312 e. The van der Waals surface area contributed by atoms with Gasteiger partial charge < -0.3 is 10.1 Å². The predicted octanol–water partition coefficient (Wildman–Crippen LogP) is 2.12. The Morgan fingerprint density at radius 1 is 1.08 bits per heavy atom. The number of ether oxygens (including phenoxy) is 1. The van der Waals surface area contributed by atoms with Crippen molar-refractivity contribution in [3.05, 3.63) is 24.3 Å². The summed E-state index contributed by atoms with van der Waals surface area (Å²) in [5.41, 5.74) is 0.605. The molecule has 1 saturated heterocycles. The van der Waals surface area contributed by atoms with Gasteiger partial charge in [0, 0.05) is 19.2 Å². The number of hydrogen-bond acceptors (Lipinski definition) is 5. The average Bonchev–Trinajstić information content (AvgIpc) is 2.86. The maximum absolute atomic E-state index is 12.4. The fourth-order valence-electron chi connectivity index (χ4n) is 3.65. The summed E-state index contributed by atoms with van der Waals surface area (Å²) in [7, 11) is 0. The third kappa shape index (κ3) is 3.92. The van der Waals surface area contributed by atoms with Crippen LogP contribution in [0, 0.1) is 11.8 Å². The summed E-state index contributed by atoms with van der Waals surface area (Å²) in [6.07, 6.45) is 3.44. The van der Waals surface area contributed by atoms with Gasteiger partial charge in [-0.25, -0.2) is 0 Å². The molecule has 1 aromatic rings. The first-order valence-electron chi connectivity index (χ1n) is 8.89. The van der Waals surface area contributed by atoms with Crippen LogP contribution in [0.15, 0.2) is 24.3 Å². The number of esters is 1. The fourth-order valence-corrected chi connectivity index (χ4v) is 3.65. The van der Waals surface area contributed by atoms with E-state index in [4.69, 9.17) is 4.74 Å². The van der Waals surface area contributed by atoms with Crippen LogP contribution >= 0.6 is 0 Å². The van der Waals surface area contributed by atoms with E-state index in [0.29, 0.717) is 11.4 Å². The summed E-state index contributed by atoms with van der Waals surface area (Å²) < 4.78 is 5.22. The van der Waals surface area contributed by atoms with Gasteiger partial charge in [0.1, 0.15) is 5.75 Å². The molecule has 3 amide bonds. The zero-order valence-corrected chi connectivity index (χ0v) is 14.7.